The van der Waals surface area contributed by atoms with E-state index in [1.165, 1.54) is 0 Å². The first-order valence-electron chi connectivity index (χ1n) is 7.68. The summed E-state index contributed by atoms with van der Waals surface area (Å²) in [6, 6.07) is 0.796. The minimum atomic E-state index is -1.55. The van der Waals surface area contributed by atoms with Crippen LogP contribution in [0.3, 0.4) is 0 Å². The van der Waals surface area contributed by atoms with E-state index in [1.54, 1.807) is 4.90 Å². The summed E-state index contributed by atoms with van der Waals surface area (Å²) in [6.07, 6.45) is 2.04. The third-order valence-electron chi connectivity index (χ3n) is 4.10. The molecule has 1 fully saturated rings. The summed E-state index contributed by atoms with van der Waals surface area (Å²) in [4.78, 5) is 13.9. The van der Waals surface area contributed by atoms with Crippen molar-refractivity contribution in [3.63, 3.8) is 0 Å². The molecule has 0 saturated carbocycles. The number of rotatable bonds is 5. The number of halogens is 3. The normalized spacial score (nSPS) is 19.7. The molecule has 2 N–H and O–H groups in total. The lowest BCUT2D eigenvalue weighted by atomic mass is 10.0. The molecule has 0 radical (unpaired) electrons. The lowest BCUT2D eigenvalue weighted by Crippen LogP contribution is -2.44. The first kappa shape index (κ1) is 17.7. The maximum absolute atomic E-state index is 13.3. The zero-order valence-electron chi connectivity index (χ0n) is 13.0. The van der Waals surface area contributed by atoms with E-state index in [9.17, 15) is 23.1 Å². The van der Waals surface area contributed by atoms with E-state index < -0.39 is 30.1 Å². The van der Waals surface area contributed by atoms with Crippen LogP contribution in [0.15, 0.2) is 12.1 Å². The third-order valence-corrected chi connectivity index (χ3v) is 4.10. The molecule has 1 aromatic rings. The van der Waals surface area contributed by atoms with Gasteiger partial charge in [-0.1, -0.05) is 6.92 Å². The monoisotopic (exact) mass is 330 g/mol. The number of hydrogen-bond acceptors (Lipinski definition) is 3. The van der Waals surface area contributed by atoms with Crippen LogP contribution in [0.25, 0.3) is 0 Å². The molecule has 2 atom stereocenters. The number of carbonyl (C=O) groups excluding carboxylic acids is 1. The second-order valence-electron chi connectivity index (χ2n) is 6.00. The van der Waals surface area contributed by atoms with Crippen LogP contribution >= 0.6 is 0 Å². The van der Waals surface area contributed by atoms with Crippen molar-refractivity contribution in [3.05, 3.63) is 35.1 Å². The number of likely N-dealkylation sites (tertiary alicyclic amines) is 1. The van der Waals surface area contributed by atoms with Crippen LogP contribution in [0.2, 0.25) is 0 Å². The second kappa shape index (κ2) is 7.79. The maximum Gasteiger partial charge on any atom is 0.236 e. The highest BCUT2D eigenvalue weighted by Crippen LogP contribution is 2.20. The van der Waals surface area contributed by atoms with E-state index in [4.69, 9.17) is 0 Å². The van der Waals surface area contributed by atoms with Gasteiger partial charge < -0.3 is 10.0 Å². The highest BCUT2D eigenvalue weighted by molar-refractivity contribution is 5.78. The predicted octanol–water partition coefficient (Wildman–Crippen LogP) is 1.99. The average molecular weight is 330 g/mol. The number of piperidine rings is 1. The fraction of sp³-hybridized carbons (Fsp3) is 0.562. The lowest BCUT2D eigenvalue weighted by molar-refractivity contribution is -0.132. The number of aliphatic hydroxyl groups is 1. The summed E-state index contributed by atoms with van der Waals surface area (Å²) >= 11 is 0. The molecule has 128 valence electrons. The van der Waals surface area contributed by atoms with Gasteiger partial charge in [0, 0.05) is 13.1 Å². The summed E-state index contributed by atoms with van der Waals surface area (Å²) in [7, 11) is 0. The van der Waals surface area contributed by atoms with E-state index in [0.717, 1.165) is 25.0 Å². The van der Waals surface area contributed by atoms with Gasteiger partial charge in [0.2, 0.25) is 5.91 Å². The van der Waals surface area contributed by atoms with Crippen LogP contribution in [0, 0.1) is 23.4 Å². The third kappa shape index (κ3) is 4.45. The van der Waals surface area contributed by atoms with Crippen molar-refractivity contribution in [3.8, 4) is 0 Å². The van der Waals surface area contributed by atoms with E-state index in [2.05, 4.69) is 12.2 Å². The Labute approximate surface area is 133 Å². The van der Waals surface area contributed by atoms with Gasteiger partial charge >= 0.3 is 0 Å². The molecule has 1 saturated heterocycles. The summed E-state index contributed by atoms with van der Waals surface area (Å²) in [6.45, 7) is 2.93. The molecular weight excluding hydrogens is 309 g/mol. The molecule has 1 aliphatic heterocycles. The topological polar surface area (TPSA) is 52.6 Å². The molecular formula is C16H21F3N2O2. The van der Waals surface area contributed by atoms with Crippen molar-refractivity contribution in [2.24, 2.45) is 5.92 Å². The van der Waals surface area contributed by atoms with Gasteiger partial charge in [0.05, 0.1) is 19.2 Å². The number of nitrogens with zero attached hydrogens (tertiary/aromatic N) is 1. The van der Waals surface area contributed by atoms with E-state index >= 15 is 0 Å². The minimum Gasteiger partial charge on any atom is -0.394 e. The second-order valence-corrected chi connectivity index (χ2v) is 6.00. The molecule has 2 rings (SSSR count). The Morgan fingerprint density at radius 3 is 2.61 bits per heavy atom. The summed E-state index contributed by atoms with van der Waals surface area (Å²) in [5.41, 5.74) is 0.0590. The van der Waals surface area contributed by atoms with Crippen molar-refractivity contribution < 1.29 is 23.1 Å². The Bertz CT molecular complexity index is 545. The van der Waals surface area contributed by atoms with Gasteiger partial charge in [-0.05, 0) is 36.5 Å². The number of benzene rings is 1. The quantitative estimate of drug-likeness (QED) is 0.812. The van der Waals surface area contributed by atoms with Crippen LogP contribution in [0.1, 0.15) is 31.4 Å². The Balaban J connectivity index is 1.98. The van der Waals surface area contributed by atoms with Crippen molar-refractivity contribution in [2.45, 2.75) is 25.8 Å². The summed E-state index contributed by atoms with van der Waals surface area (Å²) in [5, 5.41) is 12.1. The molecule has 1 aliphatic rings. The van der Waals surface area contributed by atoms with E-state index in [1.807, 2.05) is 0 Å². The smallest absolute Gasteiger partial charge is 0.236 e. The fourth-order valence-electron chi connectivity index (χ4n) is 2.80. The largest absolute Gasteiger partial charge is 0.394 e. The molecule has 4 nitrogen and oxygen atoms in total. The molecule has 1 amide bonds. The summed E-state index contributed by atoms with van der Waals surface area (Å²) < 4.78 is 39.5. The molecule has 1 heterocycles. The fourth-order valence-corrected chi connectivity index (χ4v) is 2.80. The minimum absolute atomic E-state index is 0.0570. The van der Waals surface area contributed by atoms with Gasteiger partial charge in [0.15, 0.2) is 17.5 Å². The molecule has 7 heteroatoms. The zero-order chi connectivity index (χ0) is 17.0. The highest BCUT2D eigenvalue weighted by atomic mass is 19.2. The number of nitrogens with one attached hydrogen (secondary N) is 1. The van der Waals surface area contributed by atoms with Gasteiger partial charge in [-0.2, -0.15) is 0 Å². The van der Waals surface area contributed by atoms with E-state index in [-0.39, 0.29) is 18.0 Å². The number of amides is 1. The Kier molecular flexibility index (Phi) is 6.01. The highest BCUT2D eigenvalue weighted by Gasteiger charge is 2.22. The number of hydrogen-bond donors (Lipinski definition) is 2. The van der Waals surface area contributed by atoms with Crippen molar-refractivity contribution in [1.29, 1.82) is 0 Å². The molecule has 23 heavy (non-hydrogen) atoms. The van der Waals surface area contributed by atoms with Crippen molar-refractivity contribution in [2.75, 3.05) is 26.2 Å². The molecule has 0 spiro atoms. The first-order chi connectivity index (χ1) is 10.9. The average Bonchev–Trinajstić information content (AvgIpc) is 2.52. The van der Waals surface area contributed by atoms with Crippen LogP contribution < -0.4 is 5.32 Å². The van der Waals surface area contributed by atoms with Crippen LogP contribution in [0.5, 0.6) is 0 Å². The van der Waals surface area contributed by atoms with Crippen molar-refractivity contribution in [1.82, 2.24) is 10.2 Å². The number of carbonyl (C=O) groups is 1. The van der Waals surface area contributed by atoms with Gasteiger partial charge in [0.1, 0.15) is 0 Å². The lowest BCUT2D eigenvalue weighted by Gasteiger charge is -2.31. The Hall–Kier alpha value is -1.60. The standard InChI is InChI=1S/C16H21F3N2O2/c1-10-3-2-4-21(8-10)15(23)7-20-14(9-22)11-5-12(17)16(19)13(18)6-11/h5-6,10,14,20,22H,2-4,7-9H2,1H3. The Morgan fingerprint density at radius 2 is 2.04 bits per heavy atom. The molecule has 2 unspecified atom stereocenters. The SMILES string of the molecule is CC1CCCN(C(=O)CNC(CO)c2cc(F)c(F)c(F)c2)C1. The molecule has 0 aliphatic carbocycles. The maximum atomic E-state index is 13.3. The van der Waals surface area contributed by atoms with Gasteiger partial charge in [-0.25, -0.2) is 13.2 Å². The van der Waals surface area contributed by atoms with Gasteiger partial charge in [-0.3, -0.25) is 10.1 Å². The first-order valence-corrected chi connectivity index (χ1v) is 7.68. The predicted molar refractivity (Wildman–Crippen MR) is 79.1 cm³/mol. The van der Waals surface area contributed by atoms with Gasteiger partial charge in [-0.15, -0.1) is 0 Å². The van der Waals surface area contributed by atoms with Crippen LogP contribution in [0.4, 0.5) is 13.2 Å². The Morgan fingerprint density at radius 1 is 1.39 bits per heavy atom. The van der Waals surface area contributed by atoms with Crippen LogP contribution in [-0.4, -0.2) is 42.2 Å². The number of aliphatic hydroxyl groups excluding tert-OH is 1. The molecule has 1 aromatic carbocycles. The molecule has 0 aromatic heterocycles. The molecule has 0 bridgehead atoms. The zero-order valence-corrected chi connectivity index (χ0v) is 13.0. The summed E-state index contributed by atoms with van der Waals surface area (Å²) in [5.74, 6) is -3.88. The van der Waals surface area contributed by atoms with Crippen molar-refractivity contribution >= 4 is 5.91 Å². The van der Waals surface area contributed by atoms with E-state index in [0.29, 0.717) is 19.0 Å². The van der Waals surface area contributed by atoms with Gasteiger partial charge in [0.25, 0.3) is 0 Å². The van der Waals surface area contributed by atoms with Crippen LogP contribution in [-0.2, 0) is 4.79 Å².